The topological polar surface area (TPSA) is 89.6 Å². The van der Waals surface area contributed by atoms with Crippen LogP contribution in [0.3, 0.4) is 0 Å². The lowest BCUT2D eigenvalue weighted by atomic mass is 10.2. The van der Waals surface area contributed by atoms with Crippen molar-refractivity contribution in [2.45, 2.75) is 25.1 Å². The van der Waals surface area contributed by atoms with Gasteiger partial charge < -0.3 is 10.3 Å². The fourth-order valence-electron chi connectivity index (χ4n) is 1.50. The Kier molecular flexibility index (Phi) is 2.42. The maximum Gasteiger partial charge on any atom is 0.280 e. The van der Waals surface area contributed by atoms with Crippen molar-refractivity contribution in [1.29, 1.82) is 0 Å². The van der Waals surface area contributed by atoms with E-state index in [1.165, 1.54) is 0 Å². The summed E-state index contributed by atoms with van der Waals surface area (Å²) in [4.78, 5) is 22.0. The Hall–Kier alpha value is -1.50. The molecule has 86 valence electrons. The monoisotopic (exact) mass is 239 g/mol. The van der Waals surface area contributed by atoms with E-state index >= 15 is 0 Å². The van der Waals surface area contributed by atoms with Crippen LogP contribution in [0.1, 0.15) is 13.8 Å². The van der Waals surface area contributed by atoms with Crippen molar-refractivity contribution in [2.75, 3.05) is 5.73 Å². The number of nitrogens with two attached hydrogens (primary N) is 1. The van der Waals surface area contributed by atoms with Crippen LogP contribution in [0.5, 0.6) is 0 Å². The number of hydrogen-bond donors (Lipinski definition) is 3. The second kappa shape index (κ2) is 3.51. The van der Waals surface area contributed by atoms with Crippen LogP contribution in [0.15, 0.2) is 11.1 Å². The van der Waals surface area contributed by atoms with Gasteiger partial charge in [0.05, 0.1) is 6.33 Å². The summed E-state index contributed by atoms with van der Waals surface area (Å²) in [5, 5.41) is 0. The van der Waals surface area contributed by atoms with Gasteiger partial charge in [0.25, 0.3) is 5.56 Å². The number of fused-ring (bicyclic) bond motifs is 1. The lowest BCUT2D eigenvalue weighted by Crippen LogP contribution is -2.20. The molecule has 0 aliphatic carbocycles. The average molecular weight is 239 g/mol. The molecule has 2 aromatic heterocycles. The highest BCUT2D eigenvalue weighted by Crippen LogP contribution is 2.17. The van der Waals surface area contributed by atoms with Gasteiger partial charge in [-0.2, -0.15) is 17.6 Å². The predicted octanol–water partition coefficient (Wildman–Crippen LogP) is 0.410. The highest BCUT2D eigenvalue weighted by Gasteiger charge is 2.16. The standard InChI is InChI=1S/C9H13N5OS/c1-9(2,16)3-14-4-11-5-6(14)12-8(10)13-7(5)15/h4,16H,3H2,1-2H3,(H3,10,12,13,15). The molecule has 2 heterocycles. The maximum atomic E-state index is 11.5. The van der Waals surface area contributed by atoms with Crippen LogP contribution in [-0.4, -0.2) is 24.3 Å². The van der Waals surface area contributed by atoms with E-state index in [1.54, 1.807) is 10.9 Å². The molecule has 0 aliphatic rings. The zero-order valence-corrected chi connectivity index (χ0v) is 9.95. The molecule has 0 saturated heterocycles. The second-order valence-electron chi connectivity index (χ2n) is 4.31. The quantitative estimate of drug-likeness (QED) is 0.662. The minimum absolute atomic E-state index is 0.0937. The molecular weight excluding hydrogens is 226 g/mol. The molecule has 3 N–H and O–H groups in total. The van der Waals surface area contributed by atoms with E-state index < -0.39 is 0 Å². The second-order valence-corrected chi connectivity index (χ2v) is 5.52. The van der Waals surface area contributed by atoms with Gasteiger partial charge in [0.1, 0.15) is 0 Å². The first-order valence-electron chi connectivity index (χ1n) is 4.80. The Balaban J connectivity index is 2.60. The van der Waals surface area contributed by atoms with E-state index in [-0.39, 0.29) is 16.3 Å². The number of H-pyrrole nitrogens is 1. The van der Waals surface area contributed by atoms with Crippen molar-refractivity contribution in [2.24, 2.45) is 0 Å². The Morgan fingerprint density at radius 1 is 1.62 bits per heavy atom. The lowest BCUT2D eigenvalue weighted by Gasteiger charge is -2.17. The number of nitrogens with one attached hydrogen (secondary N) is 1. The van der Waals surface area contributed by atoms with Gasteiger partial charge in [0.2, 0.25) is 5.95 Å². The van der Waals surface area contributed by atoms with Crippen molar-refractivity contribution in [3.05, 3.63) is 16.7 Å². The number of aromatic amines is 1. The van der Waals surface area contributed by atoms with Crippen molar-refractivity contribution in [1.82, 2.24) is 19.5 Å². The minimum atomic E-state index is -0.321. The summed E-state index contributed by atoms with van der Waals surface area (Å²) >= 11 is 4.42. The van der Waals surface area contributed by atoms with Gasteiger partial charge in [-0.25, -0.2) is 4.98 Å². The van der Waals surface area contributed by atoms with Crippen LogP contribution in [0.2, 0.25) is 0 Å². The smallest absolute Gasteiger partial charge is 0.280 e. The third-order valence-corrected chi connectivity index (χ3v) is 2.19. The molecule has 6 nitrogen and oxygen atoms in total. The number of thiol groups is 1. The van der Waals surface area contributed by atoms with Crippen molar-refractivity contribution >= 4 is 29.7 Å². The number of imidazole rings is 1. The summed E-state index contributed by atoms with van der Waals surface area (Å²) in [6.07, 6.45) is 1.57. The third-order valence-electron chi connectivity index (χ3n) is 2.05. The minimum Gasteiger partial charge on any atom is -0.369 e. The predicted molar refractivity (Wildman–Crippen MR) is 65.6 cm³/mol. The van der Waals surface area contributed by atoms with E-state index in [4.69, 9.17) is 5.73 Å². The maximum absolute atomic E-state index is 11.5. The van der Waals surface area contributed by atoms with Gasteiger partial charge in [-0.1, -0.05) is 0 Å². The normalized spacial score (nSPS) is 12.2. The molecule has 7 heteroatoms. The first-order chi connectivity index (χ1) is 7.37. The van der Waals surface area contributed by atoms with Gasteiger partial charge in [-0.05, 0) is 13.8 Å². The molecule has 2 aromatic rings. The first kappa shape index (κ1) is 11.0. The molecule has 0 fully saturated rings. The summed E-state index contributed by atoms with van der Waals surface area (Å²) < 4.78 is 1.56. The lowest BCUT2D eigenvalue weighted by molar-refractivity contribution is 0.579. The van der Waals surface area contributed by atoms with Gasteiger partial charge in [-0.15, -0.1) is 0 Å². The Labute approximate surface area is 97.3 Å². The third kappa shape index (κ3) is 2.04. The molecule has 0 spiro atoms. The summed E-state index contributed by atoms with van der Waals surface area (Å²) in [6.45, 7) is 4.54. The Morgan fingerprint density at radius 2 is 2.31 bits per heavy atom. The molecule has 0 amide bonds. The van der Waals surface area contributed by atoms with Crippen LogP contribution in [0.25, 0.3) is 11.2 Å². The summed E-state index contributed by atoms with van der Waals surface area (Å²) in [7, 11) is 0. The fourth-order valence-corrected chi connectivity index (χ4v) is 1.66. The van der Waals surface area contributed by atoms with Crippen molar-refractivity contribution in [3.8, 4) is 0 Å². The molecule has 0 atom stereocenters. The summed E-state index contributed by atoms with van der Waals surface area (Å²) in [5.74, 6) is 0.0937. The largest absolute Gasteiger partial charge is 0.369 e. The van der Waals surface area contributed by atoms with Crippen molar-refractivity contribution < 1.29 is 0 Å². The van der Waals surface area contributed by atoms with Gasteiger partial charge >= 0.3 is 0 Å². The zero-order valence-electron chi connectivity index (χ0n) is 9.06. The summed E-state index contributed by atoms with van der Waals surface area (Å²) in [6, 6.07) is 0. The molecule has 0 bridgehead atoms. The zero-order chi connectivity index (χ0) is 11.9. The fraction of sp³-hybridized carbons (Fsp3) is 0.444. The molecular formula is C9H13N5OS. The van der Waals surface area contributed by atoms with Crippen LogP contribution >= 0.6 is 12.6 Å². The van der Waals surface area contributed by atoms with Crippen LogP contribution in [0, 0.1) is 0 Å². The molecule has 0 aliphatic heterocycles. The van der Waals surface area contributed by atoms with E-state index in [0.29, 0.717) is 17.7 Å². The first-order valence-corrected chi connectivity index (χ1v) is 5.24. The van der Waals surface area contributed by atoms with Crippen LogP contribution < -0.4 is 11.3 Å². The molecule has 0 unspecified atom stereocenters. The average Bonchev–Trinajstić information content (AvgIpc) is 2.46. The van der Waals surface area contributed by atoms with Gasteiger partial charge in [-0.3, -0.25) is 9.78 Å². The van der Waals surface area contributed by atoms with E-state index in [0.717, 1.165) is 0 Å². The highest BCUT2D eigenvalue weighted by molar-refractivity contribution is 7.81. The molecule has 0 saturated carbocycles. The van der Waals surface area contributed by atoms with Crippen LogP contribution in [0.4, 0.5) is 5.95 Å². The summed E-state index contributed by atoms with van der Waals surface area (Å²) in [5.41, 5.74) is 5.96. The van der Waals surface area contributed by atoms with Gasteiger partial charge in [0.15, 0.2) is 11.2 Å². The molecule has 0 aromatic carbocycles. The number of nitrogen functional groups attached to an aromatic ring is 1. The molecule has 0 radical (unpaired) electrons. The molecule has 16 heavy (non-hydrogen) atoms. The van der Waals surface area contributed by atoms with Gasteiger partial charge in [0, 0.05) is 11.3 Å². The Morgan fingerprint density at radius 3 is 2.94 bits per heavy atom. The number of aromatic nitrogens is 4. The number of anilines is 1. The number of hydrogen-bond acceptors (Lipinski definition) is 5. The van der Waals surface area contributed by atoms with E-state index in [2.05, 4.69) is 27.6 Å². The number of nitrogens with zero attached hydrogens (tertiary/aromatic N) is 3. The Bertz CT molecular complexity index is 580. The number of rotatable bonds is 2. The molecule has 2 rings (SSSR count). The van der Waals surface area contributed by atoms with Crippen LogP contribution in [-0.2, 0) is 6.54 Å². The SMILES string of the molecule is CC(C)(S)Cn1cnc2c(=O)[nH]c(N)nc21. The highest BCUT2D eigenvalue weighted by atomic mass is 32.1. The van der Waals surface area contributed by atoms with E-state index in [9.17, 15) is 4.79 Å². The van der Waals surface area contributed by atoms with E-state index in [1.807, 2.05) is 13.8 Å². The van der Waals surface area contributed by atoms with Crippen molar-refractivity contribution in [3.63, 3.8) is 0 Å².